The smallest absolute Gasteiger partial charge is 0.316 e. The average molecular weight is 474 g/mol. The van der Waals surface area contributed by atoms with Gasteiger partial charge in [-0.2, -0.15) is 31.3 Å². The standard InChI is InChI=1S/C17H16F6N2O3S2/c1-2-3-14(26)24-15-25(12-7-30(27,28)8-13(12)29-15)11-5-9(16(18,19)20)4-10(6-11)17(21,22)23/h4-6,12-13H,2-3,7-8H2,1H3. The number of alkyl halides is 6. The third-order valence-corrected chi connectivity index (χ3v) is 7.81. The Morgan fingerprint density at radius 1 is 1.10 bits per heavy atom. The van der Waals surface area contributed by atoms with Crippen molar-refractivity contribution in [2.75, 3.05) is 16.4 Å². The number of rotatable bonds is 3. The van der Waals surface area contributed by atoms with Gasteiger partial charge in [0, 0.05) is 17.4 Å². The van der Waals surface area contributed by atoms with E-state index in [2.05, 4.69) is 4.99 Å². The summed E-state index contributed by atoms with van der Waals surface area (Å²) in [5.41, 5.74) is -3.56. The van der Waals surface area contributed by atoms with Crippen LogP contribution in [0.4, 0.5) is 32.0 Å². The summed E-state index contributed by atoms with van der Waals surface area (Å²) in [7, 11) is -3.53. The summed E-state index contributed by atoms with van der Waals surface area (Å²) in [6.07, 6.45) is -9.62. The molecule has 0 bridgehead atoms. The van der Waals surface area contributed by atoms with Crippen molar-refractivity contribution in [3.63, 3.8) is 0 Å². The number of thioether (sulfide) groups is 1. The number of benzene rings is 1. The van der Waals surface area contributed by atoms with Gasteiger partial charge in [0.25, 0.3) is 0 Å². The molecule has 0 radical (unpaired) electrons. The number of anilines is 1. The summed E-state index contributed by atoms with van der Waals surface area (Å²) >= 11 is 0.881. The van der Waals surface area contributed by atoms with Gasteiger partial charge in [-0.1, -0.05) is 18.7 Å². The first-order chi connectivity index (χ1) is 13.7. The van der Waals surface area contributed by atoms with E-state index in [0.29, 0.717) is 18.6 Å². The van der Waals surface area contributed by atoms with E-state index in [0.717, 1.165) is 16.7 Å². The number of aliphatic imine (C=N–C) groups is 1. The van der Waals surface area contributed by atoms with E-state index in [1.807, 2.05) is 0 Å². The van der Waals surface area contributed by atoms with Gasteiger partial charge < -0.3 is 4.90 Å². The van der Waals surface area contributed by atoms with Gasteiger partial charge in [0.2, 0.25) is 5.91 Å². The van der Waals surface area contributed by atoms with E-state index in [1.54, 1.807) is 6.92 Å². The Hall–Kier alpha value is -1.76. The molecular weight excluding hydrogens is 458 g/mol. The molecule has 1 amide bonds. The first-order valence-electron chi connectivity index (χ1n) is 8.78. The van der Waals surface area contributed by atoms with Crippen molar-refractivity contribution in [1.29, 1.82) is 0 Å². The maximum Gasteiger partial charge on any atom is 0.416 e. The molecule has 2 heterocycles. The molecule has 0 saturated carbocycles. The molecule has 2 atom stereocenters. The van der Waals surface area contributed by atoms with Gasteiger partial charge in [-0.3, -0.25) is 4.79 Å². The molecule has 2 saturated heterocycles. The molecular formula is C17H16F6N2O3S2. The maximum atomic E-state index is 13.3. The molecule has 2 fully saturated rings. The van der Waals surface area contributed by atoms with Crippen molar-refractivity contribution in [3.8, 4) is 0 Å². The van der Waals surface area contributed by atoms with E-state index < -0.39 is 62.0 Å². The van der Waals surface area contributed by atoms with Gasteiger partial charge >= 0.3 is 12.4 Å². The van der Waals surface area contributed by atoms with Crippen LogP contribution in [0.1, 0.15) is 30.9 Å². The van der Waals surface area contributed by atoms with E-state index in [1.165, 1.54) is 0 Å². The number of amides is 1. The van der Waals surface area contributed by atoms with Crippen molar-refractivity contribution < 1.29 is 39.6 Å². The van der Waals surface area contributed by atoms with Crippen molar-refractivity contribution >= 4 is 38.4 Å². The molecule has 0 aliphatic carbocycles. The minimum Gasteiger partial charge on any atom is -0.316 e. The Morgan fingerprint density at radius 2 is 1.67 bits per heavy atom. The lowest BCUT2D eigenvalue weighted by atomic mass is 10.1. The predicted molar refractivity (Wildman–Crippen MR) is 100 cm³/mol. The minimum absolute atomic E-state index is 0.00532. The summed E-state index contributed by atoms with van der Waals surface area (Å²) in [5, 5.41) is -0.738. The van der Waals surface area contributed by atoms with E-state index in [4.69, 9.17) is 0 Å². The van der Waals surface area contributed by atoms with Gasteiger partial charge in [0.1, 0.15) is 0 Å². The molecule has 5 nitrogen and oxygen atoms in total. The Bertz CT molecular complexity index is 956. The van der Waals surface area contributed by atoms with Crippen LogP contribution in [-0.2, 0) is 27.0 Å². The lowest BCUT2D eigenvalue weighted by molar-refractivity contribution is -0.143. The van der Waals surface area contributed by atoms with Crippen LogP contribution >= 0.6 is 11.8 Å². The average Bonchev–Trinajstić information content (AvgIpc) is 3.03. The van der Waals surface area contributed by atoms with Crippen LogP contribution in [0.3, 0.4) is 0 Å². The fourth-order valence-corrected chi connectivity index (χ4v) is 7.25. The third-order valence-electron chi connectivity index (χ3n) is 4.60. The second-order valence-electron chi connectivity index (χ2n) is 6.97. The molecule has 0 N–H and O–H groups in total. The fourth-order valence-electron chi connectivity index (χ4n) is 3.32. The number of hydrogen-bond acceptors (Lipinski definition) is 4. The molecule has 2 aliphatic heterocycles. The van der Waals surface area contributed by atoms with Crippen molar-refractivity contribution in [2.45, 2.75) is 43.4 Å². The van der Waals surface area contributed by atoms with Crippen LogP contribution in [0.5, 0.6) is 0 Å². The fraction of sp³-hybridized carbons (Fsp3) is 0.529. The summed E-state index contributed by atoms with van der Waals surface area (Å²) in [4.78, 5) is 16.8. The number of halogens is 6. The molecule has 1 aromatic carbocycles. The van der Waals surface area contributed by atoms with Crippen LogP contribution in [-0.4, -0.2) is 42.3 Å². The van der Waals surface area contributed by atoms with Gasteiger partial charge in [0.05, 0.1) is 28.7 Å². The van der Waals surface area contributed by atoms with Gasteiger partial charge in [0.15, 0.2) is 15.0 Å². The van der Waals surface area contributed by atoms with Gasteiger partial charge in [-0.05, 0) is 24.6 Å². The lowest BCUT2D eigenvalue weighted by Gasteiger charge is -2.26. The zero-order valence-corrected chi connectivity index (χ0v) is 17.1. The molecule has 166 valence electrons. The molecule has 30 heavy (non-hydrogen) atoms. The van der Waals surface area contributed by atoms with Gasteiger partial charge in [-0.15, -0.1) is 0 Å². The summed E-state index contributed by atoms with van der Waals surface area (Å²) in [6.45, 7) is 1.71. The molecule has 1 aromatic rings. The van der Waals surface area contributed by atoms with E-state index in [-0.39, 0.29) is 23.4 Å². The zero-order chi connectivity index (χ0) is 22.5. The molecule has 0 spiro atoms. The number of amidine groups is 1. The number of hydrogen-bond donors (Lipinski definition) is 0. The topological polar surface area (TPSA) is 66.8 Å². The monoisotopic (exact) mass is 474 g/mol. The largest absolute Gasteiger partial charge is 0.416 e. The molecule has 2 aliphatic rings. The molecule has 0 aromatic heterocycles. The summed E-state index contributed by atoms with van der Waals surface area (Å²) < 4.78 is 103. The van der Waals surface area contributed by atoms with Crippen molar-refractivity contribution in [3.05, 3.63) is 29.3 Å². The Labute approximate surface area is 172 Å². The first-order valence-corrected chi connectivity index (χ1v) is 11.5. The molecule has 2 unspecified atom stereocenters. The van der Waals surface area contributed by atoms with Crippen LogP contribution in [0.25, 0.3) is 0 Å². The third kappa shape index (κ3) is 4.76. The number of carbonyl (C=O) groups excluding carboxylic acids is 1. The summed E-state index contributed by atoms with van der Waals surface area (Å²) in [5.74, 6) is -1.34. The highest BCUT2D eigenvalue weighted by Gasteiger charge is 2.50. The van der Waals surface area contributed by atoms with E-state index >= 15 is 0 Å². The second kappa shape index (κ2) is 7.74. The normalized spacial score (nSPS) is 25.0. The predicted octanol–water partition coefficient (Wildman–Crippen LogP) is 4.13. The minimum atomic E-state index is -5.06. The summed E-state index contributed by atoms with van der Waals surface area (Å²) in [6, 6.07) is 0.110. The Morgan fingerprint density at radius 3 is 2.17 bits per heavy atom. The number of fused-ring (bicyclic) bond motifs is 1. The number of carbonyl (C=O) groups is 1. The number of sulfone groups is 1. The Balaban J connectivity index is 2.16. The quantitative estimate of drug-likeness (QED) is 0.617. The highest BCUT2D eigenvalue weighted by atomic mass is 32.2. The Kier molecular flexibility index (Phi) is 5.91. The molecule has 13 heteroatoms. The van der Waals surface area contributed by atoms with Crippen molar-refractivity contribution in [1.82, 2.24) is 0 Å². The van der Waals surface area contributed by atoms with Crippen LogP contribution in [0.15, 0.2) is 23.2 Å². The van der Waals surface area contributed by atoms with E-state index in [9.17, 15) is 39.6 Å². The zero-order valence-electron chi connectivity index (χ0n) is 15.4. The van der Waals surface area contributed by atoms with Crippen LogP contribution in [0.2, 0.25) is 0 Å². The number of nitrogens with zero attached hydrogens (tertiary/aromatic N) is 2. The van der Waals surface area contributed by atoms with Gasteiger partial charge in [-0.25, -0.2) is 8.42 Å². The van der Waals surface area contributed by atoms with Crippen LogP contribution < -0.4 is 4.90 Å². The first kappa shape index (κ1) is 22.9. The molecule has 3 rings (SSSR count). The van der Waals surface area contributed by atoms with Crippen molar-refractivity contribution in [2.24, 2.45) is 4.99 Å². The highest BCUT2D eigenvalue weighted by Crippen LogP contribution is 2.44. The van der Waals surface area contributed by atoms with Crippen LogP contribution in [0, 0.1) is 0 Å². The highest BCUT2D eigenvalue weighted by molar-refractivity contribution is 8.16. The second-order valence-corrected chi connectivity index (χ2v) is 10.3. The lowest BCUT2D eigenvalue weighted by Crippen LogP contribution is -2.38. The maximum absolute atomic E-state index is 13.3. The SMILES string of the molecule is CCCC(=O)N=C1SC2CS(=O)(=O)CC2N1c1cc(C(F)(F)F)cc(C(F)(F)F)c1.